The summed E-state index contributed by atoms with van der Waals surface area (Å²) in [4.78, 5) is 68.2. The Hall–Kier alpha value is -4.45. The molecule has 49 heavy (non-hydrogen) atoms. The Morgan fingerprint density at radius 3 is 2.39 bits per heavy atom. The van der Waals surface area contributed by atoms with E-state index in [1.54, 1.807) is 51.8 Å². The molecular weight excluding hydrogens is 650 g/mol. The van der Waals surface area contributed by atoms with E-state index in [0.29, 0.717) is 35.5 Å². The van der Waals surface area contributed by atoms with Crippen LogP contribution in [0, 0.1) is 5.41 Å². The highest BCUT2D eigenvalue weighted by Crippen LogP contribution is 2.38. The summed E-state index contributed by atoms with van der Waals surface area (Å²) in [6, 6.07) is 13.4. The fraction of sp³-hybridized carbons (Fsp3) is 0.500. The van der Waals surface area contributed by atoms with Crippen LogP contribution in [-0.2, 0) is 36.7 Å². The maximum Gasteiger partial charge on any atom is 0.408 e. The molecule has 1 fully saturated rings. The third kappa shape index (κ3) is 8.97. The first kappa shape index (κ1) is 37.4. The van der Waals surface area contributed by atoms with Gasteiger partial charge in [0.05, 0.1) is 17.9 Å². The zero-order valence-electron chi connectivity index (χ0n) is 29.2. The van der Waals surface area contributed by atoms with Crippen molar-refractivity contribution in [1.82, 2.24) is 20.5 Å². The van der Waals surface area contributed by atoms with E-state index in [1.165, 1.54) is 24.9 Å². The van der Waals surface area contributed by atoms with Crippen LogP contribution >= 0.6 is 11.6 Å². The highest BCUT2D eigenvalue weighted by atomic mass is 35.5. The summed E-state index contributed by atoms with van der Waals surface area (Å²) >= 11 is 6.55. The second-order valence-corrected chi connectivity index (χ2v) is 14.4. The number of likely N-dealkylation sites (tertiary alicyclic amines) is 1. The van der Waals surface area contributed by atoms with Gasteiger partial charge in [-0.05, 0) is 84.1 Å². The Balaban J connectivity index is 1.60. The number of benzene rings is 2. The van der Waals surface area contributed by atoms with Crippen LogP contribution in [0.4, 0.5) is 4.79 Å². The molecule has 4 amide bonds. The number of fused-ring (bicyclic) bond motifs is 1. The van der Waals surface area contributed by atoms with Gasteiger partial charge in [0.2, 0.25) is 11.8 Å². The normalized spacial score (nSPS) is 18.3. The van der Waals surface area contributed by atoms with Gasteiger partial charge in [0.25, 0.3) is 5.91 Å². The lowest BCUT2D eigenvalue weighted by Gasteiger charge is -2.41. The van der Waals surface area contributed by atoms with E-state index in [2.05, 4.69) is 15.7 Å². The van der Waals surface area contributed by atoms with E-state index >= 15 is 0 Å². The van der Waals surface area contributed by atoms with Crippen molar-refractivity contribution in [1.29, 1.82) is 0 Å². The number of ether oxygens (including phenoxy) is 2. The average molecular weight is 696 g/mol. The predicted molar refractivity (Wildman–Crippen MR) is 185 cm³/mol. The number of nitrogens with zero attached hydrogens (tertiary/aromatic N) is 3. The van der Waals surface area contributed by atoms with Gasteiger partial charge in [0, 0.05) is 31.6 Å². The molecule has 0 saturated carbocycles. The van der Waals surface area contributed by atoms with Gasteiger partial charge in [-0.2, -0.15) is 5.10 Å². The monoisotopic (exact) mass is 695 g/mol. The number of carbonyl (C=O) groups is 5. The fourth-order valence-electron chi connectivity index (χ4n) is 6.04. The van der Waals surface area contributed by atoms with Crippen molar-refractivity contribution >= 4 is 47.1 Å². The van der Waals surface area contributed by atoms with Gasteiger partial charge >= 0.3 is 12.1 Å². The zero-order chi connectivity index (χ0) is 36.1. The second kappa shape index (κ2) is 15.0. The lowest BCUT2D eigenvalue weighted by molar-refractivity contribution is -0.142. The molecule has 0 spiro atoms. The molecule has 1 saturated heterocycles. The van der Waals surface area contributed by atoms with Crippen LogP contribution < -0.4 is 10.6 Å². The van der Waals surface area contributed by atoms with Gasteiger partial charge in [-0.3, -0.25) is 14.4 Å². The molecule has 0 bridgehead atoms. The first-order valence-electron chi connectivity index (χ1n) is 16.4. The van der Waals surface area contributed by atoms with Crippen LogP contribution in [0.5, 0.6) is 0 Å². The Morgan fingerprint density at radius 2 is 1.76 bits per heavy atom. The molecule has 1 unspecified atom stereocenters. The van der Waals surface area contributed by atoms with Crippen molar-refractivity contribution in [2.24, 2.45) is 10.5 Å². The number of amides is 4. The van der Waals surface area contributed by atoms with E-state index in [0.717, 1.165) is 11.3 Å². The van der Waals surface area contributed by atoms with E-state index in [9.17, 15) is 24.0 Å². The molecule has 2 atom stereocenters. The Labute approximate surface area is 292 Å². The van der Waals surface area contributed by atoms with Crippen molar-refractivity contribution in [3.8, 4) is 0 Å². The van der Waals surface area contributed by atoms with Crippen LogP contribution in [-0.4, -0.2) is 89.3 Å². The molecule has 2 N–H and O–H groups in total. The average Bonchev–Trinajstić information content (AvgIpc) is 3.26. The second-order valence-electron chi connectivity index (χ2n) is 14.0. The molecule has 2 aliphatic rings. The number of esters is 1. The van der Waals surface area contributed by atoms with E-state index in [-0.39, 0.29) is 37.8 Å². The van der Waals surface area contributed by atoms with Gasteiger partial charge in [-0.15, -0.1) is 0 Å². The molecule has 0 aliphatic carbocycles. The minimum atomic E-state index is -1.44. The SMILES string of the molecule is CCOC(=O)c1ccc(CCC(NC(=O)C(C)(C)NC(=O)OC(C)(C)C)C(=O)N2CCC3=NN(C)C(=O)[C@]3(Cc3ccccc3)C2)c(Cl)c1. The summed E-state index contributed by atoms with van der Waals surface area (Å²) in [5.74, 6) is -1.67. The number of nitrogens with one attached hydrogen (secondary N) is 2. The van der Waals surface area contributed by atoms with Gasteiger partial charge in [-0.1, -0.05) is 48.0 Å². The topological polar surface area (TPSA) is 147 Å². The van der Waals surface area contributed by atoms with Crippen molar-refractivity contribution in [2.75, 3.05) is 26.7 Å². The van der Waals surface area contributed by atoms with Gasteiger partial charge in [0.1, 0.15) is 22.6 Å². The van der Waals surface area contributed by atoms with Crippen molar-refractivity contribution in [2.45, 2.75) is 84.4 Å². The van der Waals surface area contributed by atoms with Crippen molar-refractivity contribution in [3.05, 3.63) is 70.2 Å². The van der Waals surface area contributed by atoms with E-state index < -0.39 is 40.6 Å². The number of aryl methyl sites for hydroxylation is 1. The van der Waals surface area contributed by atoms with Gasteiger partial charge in [-0.25, -0.2) is 14.6 Å². The minimum absolute atomic E-state index is 0.0870. The predicted octanol–water partition coefficient (Wildman–Crippen LogP) is 4.53. The third-order valence-electron chi connectivity index (χ3n) is 8.52. The summed E-state index contributed by atoms with van der Waals surface area (Å²) in [6.07, 6.45) is 0.394. The number of hydrogen-bond acceptors (Lipinski definition) is 8. The fourth-order valence-corrected chi connectivity index (χ4v) is 6.31. The smallest absolute Gasteiger partial charge is 0.408 e. The van der Waals surface area contributed by atoms with E-state index in [1.807, 2.05) is 30.3 Å². The molecular formula is C36H46ClN5O7. The number of hydrazone groups is 1. The Bertz CT molecular complexity index is 1620. The first-order chi connectivity index (χ1) is 23.0. The lowest BCUT2D eigenvalue weighted by Crippen LogP contribution is -2.62. The number of carbonyl (C=O) groups excluding carboxylic acids is 5. The van der Waals surface area contributed by atoms with Crippen LogP contribution in [0.25, 0.3) is 0 Å². The number of piperidine rings is 1. The standard InChI is InChI=1S/C36H46ClN5O7/c1-8-48-30(44)25-15-14-24(26(37)20-25)16-17-27(38-31(45)35(5,6)39-33(47)49-34(2,3)4)29(43)42-19-18-28-36(22-42,32(46)41(7)40-28)21-23-12-10-9-11-13-23/h9-15,20,27H,8,16-19,21-22H2,1-7H3,(H,38,45)(H,39,47)/t27?,36-/m1/s1. The molecule has 0 aromatic heterocycles. The largest absolute Gasteiger partial charge is 0.462 e. The Kier molecular flexibility index (Phi) is 11.4. The van der Waals surface area contributed by atoms with Gasteiger partial charge in [0.15, 0.2) is 0 Å². The van der Waals surface area contributed by atoms with Crippen molar-refractivity contribution in [3.63, 3.8) is 0 Å². The molecule has 4 rings (SSSR count). The van der Waals surface area contributed by atoms with E-state index in [4.69, 9.17) is 21.1 Å². The molecule has 2 aromatic carbocycles. The molecule has 12 nitrogen and oxygen atoms in total. The Morgan fingerprint density at radius 1 is 1.06 bits per heavy atom. The first-order valence-corrected chi connectivity index (χ1v) is 16.8. The van der Waals surface area contributed by atoms with Crippen LogP contribution in [0.1, 0.15) is 75.9 Å². The third-order valence-corrected chi connectivity index (χ3v) is 8.87. The summed E-state index contributed by atoms with van der Waals surface area (Å²) in [5, 5.41) is 11.7. The van der Waals surface area contributed by atoms with Crippen LogP contribution in [0.15, 0.2) is 53.6 Å². The molecule has 0 radical (unpaired) electrons. The maximum atomic E-state index is 14.4. The van der Waals surface area contributed by atoms with Crippen molar-refractivity contribution < 1.29 is 33.4 Å². The quantitative estimate of drug-likeness (QED) is 0.329. The molecule has 2 aliphatic heterocycles. The number of halogens is 1. The highest BCUT2D eigenvalue weighted by Gasteiger charge is 2.54. The molecule has 2 aromatic rings. The molecule has 13 heteroatoms. The summed E-state index contributed by atoms with van der Waals surface area (Å²) in [5.41, 5.74) is -0.641. The number of alkyl carbamates (subject to hydrolysis) is 1. The number of hydrogen-bond donors (Lipinski definition) is 2. The minimum Gasteiger partial charge on any atom is -0.462 e. The van der Waals surface area contributed by atoms with Gasteiger partial charge < -0.3 is 25.0 Å². The highest BCUT2D eigenvalue weighted by molar-refractivity contribution is 6.31. The maximum absolute atomic E-state index is 14.4. The van der Waals surface area contributed by atoms with Crippen LogP contribution in [0.3, 0.4) is 0 Å². The number of rotatable bonds is 11. The zero-order valence-corrected chi connectivity index (χ0v) is 30.0. The summed E-state index contributed by atoms with van der Waals surface area (Å²) in [7, 11) is 1.62. The lowest BCUT2D eigenvalue weighted by atomic mass is 9.73. The summed E-state index contributed by atoms with van der Waals surface area (Å²) < 4.78 is 10.4. The van der Waals surface area contributed by atoms with Crippen LogP contribution in [0.2, 0.25) is 5.02 Å². The molecule has 264 valence electrons. The summed E-state index contributed by atoms with van der Waals surface area (Å²) in [6.45, 7) is 10.5. The molecule has 2 heterocycles.